The molecule has 0 spiro atoms. The monoisotopic (exact) mass is 259 g/mol. The summed E-state index contributed by atoms with van der Waals surface area (Å²) in [5, 5.41) is 4.17. The van der Waals surface area contributed by atoms with E-state index in [2.05, 4.69) is 43.4 Å². The molecule has 2 heteroatoms. The number of hydrogen-bond acceptors (Lipinski definition) is 1. The van der Waals surface area contributed by atoms with Gasteiger partial charge >= 0.3 is 0 Å². The van der Waals surface area contributed by atoms with Crippen molar-refractivity contribution in [3.05, 3.63) is 63.7 Å². The zero-order chi connectivity index (χ0) is 13.1. The third-order valence-electron chi connectivity index (χ3n) is 3.10. The molecule has 0 aliphatic carbocycles. The fraction of sp³-hybridized carbons (Fsp3) is 0.250. The Morgan fingerprint density at radius 1 is 0.944 bits per heavy atom. The molecule has 0 aliphatic heterocycles. The lowest BCUT2D eigenvalue weighted by atomic mass is 10.1. The maximum Gasteiger partial charge on any atom is 0.0640 e. The van der Waals surface area contributed by atoms with Crippen LogP contribution in [0.5, 0.6) is 0 Å². The van der Waals surface area contributed by atoms with Crippen molar-refractivity contribution in [3.63, 3.8) is 0 Å². The second-order valence-electron chi connectivity index (χ2n) is 4.77. The van der Waals surface area contributed by atoms with E-state index < -0.39 is 0 Å². The Morgan fingerprint density at radius 3 is 2.33 bits per heavy atom. The zero-order valence-corrected chi connectivity index (χ0v) is 11.8. The van der Waals surface area contributed by atoms with E-state index in [-0.39, 0.29) is 0 Å². The minimum absolute atomic E-state index is 0.778. The van der Waals surface area contributed by atoms with Gasteiger partial charge in [-0.3, -0.25) is 0 Å². The largest absolute Gasteiger partial charge is 0.380 e. The normalized spacial score (nSPS) is 10.4. The highest BCUT2D eigenvalue weighted by Crippen LogP contribution is 2.23. The second-order valence-corrected chi connectivity index (χ2v) is 5.17. The van der Waals surface area contributed by atoms with Gasteiger partial charge in [0.2, 0.25) is 0 Å². The van der Waals surface area contributed by atoms with Crippen molar-refractivity contribution in [3.8, 4) is 0 Å². The molecule has 0 radical (unpaired) electrons. The average Bonchev–Trinajstić information content (AvgIpc) is 2.32. The first-order valence-corrected chi connectivity index (χ1v) is 6.50. The number of nitrogens with one attached hydrogen (secondary N) is 1. The predicted octanol–water partition coefficient (Wildman–Crippen LogP) is 4.88. The van der Waals surface area contributed by atoms with Gasteiger partial charge in [0.15, 0.2) is 0 Å². The van der Waals surface area contributed by atoms with Gasteiger partial charge in [0, 0.05) is 6.54 Å². The topological polar surface area (TPSA) is 12.0 Å². The SMILES string of the molecule is Cc1ccc(NCc2cc(C)ccc2C)c(Cl)c1. The number of hydrogen-bond donors (Lipinski definition) is 1. The van der Waals surface area contributed by atoms with Crippen LogP contribution in [0.1, 0.15) is 22.3 Å². The van der Waals surface area contributed by atoms with Gasteiger partial charge in [-0.15, -0.1) is 0 Å². The van der Waals surface area contributed by atoms with Gasteiger partial charge in [-0.2, -0.15) is 0 Å². The van der Waals surface area contributed by atoms with Crippen LogP contribution in [-0.4, -0.2) is 0 Å². The summed E-state index contributed by atoms with van der Waals surface area (Å²) in [6.07, 6.45) is 0. The molecule has 0 bridgehead atoms. The van der Waals surface area contributed by atoms with E-state index in [0.717, 1.165) is 17.3 Å². The first-order chi connectivity index (χ1) is 8.56. The third-order valence-corrected chi connectivity index (χ3v) is 3.41. The lowest BCUT2D eigenvalue weighted by Gasteiger charge is -2.11. The van der Waals surface area contributed by atoms with Crippen LogP contribution in [0.3, 0.4) is 0 Å². The van der Waals surface area contributed by atoms with Crippen molar-refractivity contribution < 1.29 is 0 Å². The van der Waals surface area contributed by atoms with Gasteiger partial charge in [0.25, 0.3) is 0 Å². The molecule has 0 heterocycles. The Bertz CT molecular complexity index is 561. The molecular weight excluding hydrogens is 242 g/mol. The van der Waals surface area contributed by atoms with Crippen molar-refractivity contribution in [2.45, 2.75) is 27.3 Å². The molecule has 0 atom stereocenters. The van der Waals surface area contributed by atoms with Crippen LogP contribution in [-0.2, 0) is 6.54 Å². The molecule has 0 fully saturated rings. The smallest absolute Gasteiger partial charge is 0.0640 e. The fourth-order valence-electron chi connectivity index (χ4n) is 1.94. The molecule has 1 N–H and O–H groups in total. The molecule has 1 nitrogen and oxygen atoms in total. The molecule has 94 valence electrons. The molecule has 0 saturated carbocycles. The first kappa shape index (κ1) is 13.0. The van der Waals surface area contributed by atoms with Crippen LogP contribution >= 0.6 is 11.6 Å². The molecule has 18 heavy (non-hydrogen) atoms. The highest BCUT2D eigenvalue weighted by Gasteiger charge is 2.02. The molecule has 0 aromatic heterocycles. The van der Waals surface area contributed by atoms with Crippen LogP contribution in [0.2, 0.25) is 5.02 Å². The number of benzene rings is 2. The molecule has 2 aromatic rings. The Labute approximate surface area is 114 Å². The Hall–Kier alpha value is -1.47. The van der Waals surface area contributed by atoms with Crippen LogP contribution in [0.4, 0.5) is 5.69 Å². The minimum atomic E-state index is 0.778. The van der Waals surface area contributed by atoms with Gasteiger partial charge in [-0.05, 0) is 49.6 Å². The zero-order valence-electron chi connectivity index (χ0n) is 11.0. The number of anilines is 1. The molecule has 2 rings (SSSR count). The molecule has 0 amide bonds. The van der Waals surface area contributed by atoms with Crippen molar-refractivity contribution in [1.29, 1.82) is 0 Å². The van der Waals surface area contributed by atoms with E-state index in [0.29, 0.717) is 0 Å². The second kappa shape index (κ2) is 5.45. The Balaban J connectivity index is 2.13. The Morgan fingerprint density at radius 2 is 1.61 bits per heavy atom. The standard InChI is InChI=1S/C16H18ClN/c1-11-4-6-13(3)14(8-11)10-18-16-7-5-12(2)9-15(16)17/h4-9,18H,10H2,1-3H3. The number of aryl methyl sites for hydroxylation is 3. The van der Waals surface area contributed by atoms with E-state index in [1.165, 1.54) is 22.3 Å². The highest BCUT2D eigenvalue weighted by molar-refractivity contribution is 6.33. The van der Waals surface area contributed by atoms with Gasteiger partial charge < -0.3 is 5.32 Å². The summed E-state index contributed by atoms with van der Waals surface area (Å²) in [6, 6.07) is 12.6. The lowest BCUT2D eigenvalue weighted by Crippen LogP contribution is -2.02. The third kappa shape index (κ3) is 3.05. The summed E-state index contributed by atoms with van der Waals surface area (Å²) in [6.45, 7) is 7.09. The molecule has 0 unspecified atom stereocenters. The first-order valence-electron chi connectivity index (χ1n) is 6.12. The molecule has 0 saturated heterocycles. The van der Waals surface area contributed by atoms with Crippen LogP contribution < -0.4 is 5.32 Å². The van der Waals surface area contributed by atoms with Gasteiger partial charge in [0.1, 0.15) is 0 Å². The maximum absolute atomic E-state index is 6.20. The van der Waals surface area contributed by atoms with Crippen molar-refractivity contribution in [2.75, 3.05) is 5.32 Å². The van der Waals surface area contributed by atoms with E-state index in [9.17, 15) is 0 Å². The molecule has 0 aliphatic rings. The fourth-order valence-corrected chi connectivity index (χ4v) is 2.25. The summed E-state index contributed by atoms with van der Waals surface area (Å²) < 4.78 is 0. The summed E-state index contributed by atoms with van der Waals surface area (Å²) in [5.41, 5.74) is 6.07. The van der Waals surface area contributed by atoms with Gasteiger partial charge in [0.05, 0.1) is 10.7 Å². The summed E-state index contributed by atoms with van der Waals surface area (Å²) >= 11 is 6.20. The maximum atomic E-state index is 6.20. The number of rotatable bonds is 3. The number of halogens is 1. The molecule has 2 aromatic carbocycles. The van der Waals surface area contributed by atoms with Crippen molar-refractivity contribution in [2.24, 2.45) is 0 Å². The lowest BCUT2D eigenvalue weighted by molar-refractivity contribution is 1.11. The van der Waals surface area contributed by atoms with E-state index in [4.69, 9.17) is 11.6 Å². The minimum Gasteiger partial charge on any atom is -0.380 e. The molecular formula is C16H18ClN. The van der Waals surface area contributed by atoms with Crippen LogP contribution in [0, 0.1) is 20.8 Å². The van der Waals surface area contributed by atoms with E-state index >= 15 is 0 Å². The highest BCUT2D eigenvalue weighted by atomic mass is 35.5. The van der Waals surface area contributed by atoms with E-state index in [1.54, 1.807) is 0 Å². The van der Waals surface area contributed by atoms with Crippen molar-refractivity contribution in [1.82, 2.24) is 0 Å². The van der Waals surface area contributed by atoms with E-state index in [1.807, 2.05) is 19.1 Å². The van der Waals surface area contributed by atoms with Gasteiger partial charge in [-0.1, -0.05) is 41.4 Å². The summed E-state index contributed by atoms with van der Waals surface area (Å²) in [4.78, 5) is 0. The van der Waals surface area contributed by atoms with Crippen LogP contribution in [0.25, 0.3) is 0 Å². The average molecular weight is 260 g/mol. The summed E-state index contributed by atoms with van der Waals surface area (Å²) in [7, 11) is 0. The van der Waals surface area contributed by atoms with Crippen molar-refractivity contribution >= 4 is 17.3 Å². The van der Waals surface area contributed by atoms with Gasteiger partial charge in [-0.25, -0.2) is 0 Å². The quantitative estimate of drug-likeness (QED) is 0.829. The Kier molecular flexibility index (Phi) is 3.93. The summed E-state index contributed by atoms with van der Waals surface area (Å²) in [5.74, 6) is 0. The van der Waals surface area contributed by atoms with Crippen LogP contribution in [0.15, 0.2) is 36.4 Å². The predicted molar refractivity (Wildman–Crippen MR) is 79.4 cm³/mol.